The van der Waals surface area contributed by atoms with Gasteiger partial charge in [-0.3, -0.25) is 44.8 Å². The van der Waals surface area contributed by atoms with Crippen molar-refractivity contribution in [3.05, 3.63) is 125 Å². The highest BCUT2D eigenvalue weighted by molar-refractivity contribution is 6.33. The number of hydrogen-bond donors (Lipinski definition) is 2. The normalized spacial score (nSPS) is 23.5. The highest BCUT2D eigenvalue weighted by atomic mass is 35.5. The number of rotatable bonds is 11. The van der Waals surface area contributed by atoms with Crippen molar-refractivity contribution in [2.24, 2.45) is 29.6 Å². The Hall–Kier alpha value is -7.26. The fourth-order valence-corrected chi connectivity index (χ4v) is 10.3. The number of halogens is 5. The van der Waals surface area contributed by atoms with Crippen LogP contribution in [0.5, 0.6) is 17.2 Å². The second-order valence-corrected chi connectivity index (χ2v) is 17.2. The number of hydrazine groups is 1. The molecule has 0 bridgehead atoms. The average molecular weight is 967 g/mol. The molecule has 1 aromatic heterocycles. The van der Waals surface area contributed by atoms with E-state index in [1.54, 1.807) is 18.2 Å². The predicted molar refractivity (Wildman–Crippen MR) is 234 cm³/mol. The Labute approximate surface area is 387 Å². The summed E-state index contributed by atoms with van der Waals surface area (Å²) in [6.07, 6.45) is 0.114. The van der Waals surface area contributed by atoms with Crippen molar-refractivity contribution in [2.75, 3.05) is 43.5 Å². The van der Waals surface area contributed by atoms with Crippen molar-refractivity contribution in [2.45, 2.75) is 24.4 Å². The van der Waals surface area contributed by atoms with Crippen molar-refractivity contribution in [3.63, 3.8) is 0 Å². The molecule has 3 aromatic carbocycles. The number of nitro groups is 2. The minimum Gasteiger partial charge on any atom is -0.502 e. The Morgan fingerprint density at radius 2 is 1.54 bits per heavy atom. The number of hydrogen-bond acceptors (Lipinski definition) is 14. The summed E-state index contributed by atoms with van der Waals surface area (Å²) in [5.41, 5.74) is -1.77. The van der Waals surface area contributed by atoms with Gasteiger partial charge in [0.05, 0.1) is 63.5 Å². The second-order valence-electron chi connectivity index (χ2n) is 16.3. The summed E-state index contributed by atoms with van der Waals surface area (Å²) in [5, 5.41) is 35.6. The Kier molecular flexibility index (Phi) is 11.7. The highest BCUT2D eigenvalue weighted by Gasteiger charge is 2.70. The van der Waals surface area contributed by atoms with Crippen molar-refractivity contribution < 1.29 is 56.8 Å². The van der Waals surface area contributed by atoms with Gasteiger partial charge in [-0.2, -0.15) is 18.2 Å². The number of pyridine rings is 1. The number of methoxy groups -OCH3 is 2. The van der Waals surface area contributed by atoms with E-state index in [2.05, 4.69) is 10.4 Å². The van der Waals surface area contributed by atoms with Crippen LogP contribution in [0.25, 0.3) is 6.08 Å². The Bertz CT molecular complexity index is 2820. The number of carbonyl (C=O) groups excluding carboxylic acids is 4. The number of nitro benzene ring substituents is 2. The van der Waals surface area contributed by atoms with Gasteiger partial charge in [0.25, 0.3) is 11.8 Å². The third kappa shape index (κ3) is 7.41. The molecule has 18 nitrogen and oxygen atoms in total. The minimum absolute atomic E-state index is 0.0168. The Morgan fingerprint density at radius 3 is 2.07 bits per heavy atom. The van der Waals surface area contributed by atoms with E-state index in [1.165, 1.54) is 64.7 Å². The maximum absolute atomic E-state index is 15.5. The highest BCUT2D eigenvalue weighted by Crippen LogP contribution is 2.62. The molecule has 4 aliphatic rings. The molecule has 1 saturated carbocycles. The number of fused-ring (bicyclic) bond motifs is 4. The SMILES string of the molecule is COc1cc(C=C[C@H]2C3=CC[C@@H]4C(=O)N(c5cc([N+](=O)[O-])c(N(C)C)c([N+](=O)[O-])c5)C(=O)[C@@H]4[C@@H]3C[C@H]3C(=O)N(Nc4ncc(C(F)(F)F)cc4Cl)C(=O)[C@@]23c2ccc(Cl)cc2)cc(OC)c1O. The van der Waals surface area contributed by atoms with Gasteiger partial charge in [0.2, 0.25) is 17.6 Å². The van der Waals surface area contributed by atoms with Crippen LogP contribution in [0.4, 0.5) is 41.7 Å². The van der Waals surface area contributed by atoms with Crippen LogP contribution in [0.1, 0.15) is 29.5 Å². The standard InChI is InChI=1S/C44H36Cl2F3N7O11/c1-52(2)36-31(55(62)63)16-24(17-32(36)56(64)65)53-39(58)26-11-10-25-27(35(26)41(53)60)18-29-40(59)54(51-38-30(46)15-22(19-50-38)44(47,48)49)42(61)43(29,21-6-8-23(45)9-7-21)28(25)12-5-20-13-33(66-3)37(57)34(14-20)67-4/h5-10,12-17,19,26-29,35,57H,11,18H2,1-4H3,(H,50,51)/t26-,27+,28-,29-,35-,43-/m0/s1. The van der Waals surface area contributed by atoms with Crippen LogP contribution < -0.4 is 24.7 Å². The molecule has 67 heavy (non-hydrogen) atoms. The monoisotopic (exact) mass is 965 g/mol. The molecule has 23 heteroatoms. The van der Waals surface area contributed by atoms with Crippen molar-refractivity contribution in [1.82, 2.24) is 9.99 Å². The molecule has 348 valence electrons. The lowest BCUT2D eigenvalue weighted by atomic mass is 9.50. The first-order chi connectivity index (χ1) is 31.6. The van der Waals surface area contributed by atoms with Gasteiger partial charge < -0.3 is 19.5 Å². The van der Waals surface area contributed by atoms with Gasteiger partial charge in [-0.25, -0.2) is 9.88 Å². The first-order valence-corrected chi connectivity index (χ1v) is 20.9. The van der Waals surface area contributed by atoms with Gasteiger partial charge >= 0.3 is 17.6 Å². The Morgan fingerprint density at radius 1 is 0.925 bits per heavy atom. The van der Waals surface area contributed by atoms with E-state index in [1.807, 2.05) is 0 Å². The van der Waals surface area contributed by atoms with Crippen molar-refractivity contribution in [3.8, 4) is 17.2 Å². The van der Waals surface area contributed by atoms with Crippen LogP contribution in [-0.4, -0.2) is 76.9 Å². The van der Waals surface area contributed by atoms with E-state index in [4.69, 9.17) is 32.7 Å². The number of imide groups is 2. The summed E-state index contributed by atoms with van der Waals surface area (Å²) in [5.74, 6) is -10.2. The smallest absolute Gasteiger partial charge is 0.417 e. The van der Waals surface area contributed by atoms with E-state index in [0.717, 1.165) is 17.0 Å². The fraction of sp³-hybridized carbons (Fsp3) is 0.295. The van der Waals surface area contributed by atoms with Crippen LogP contribution in [0.15, 0.2) is 78.5 Å². The van der Waals surface area contributed by atoms with Crippen LogP contribution in [0, 0.1) is 49.8 Å². The molecule has 0 unspecified atom stereocenters. The third-order valence-electron chi connectivity index (χ3n) is 12.8. The number of aromatic hydroxyl groups is 1. The molecule has 2 aliphatic heterocycles. The largest absolute Gasteiger partial charge is 0.502 e. The predicted octanol–water partition coefficient (Wildman–Crippen LogP) is 7.75. The van der Waals surface area contributed by atoms with Gasteiger partial charge in [-0.15, -0.1) is 0 Å². The van der Waals surface area contributed by atoms with E-state index in [0.29, 0.717) is 33.3 Å². The quantitative estimate of drug-likeness (QED) is 0.0634. The maximum Gasteiger partial charge on any atom is 0.417 e. The number of nitrogens with one attached hydrogen (secondary N) is 1. The molecule has 0 radical (unpaired) electrons. The number of carbonyl (C=O) groups is 4. The fourth-order valence-electron chi connectivity index (χ4n) is 9.96. The molecule has 0 spiro atoms. The number of anilines is 3. The summed E-state index contributed by atoms with van der Waals surface area (Å²) < 4.78 is 51.5. The number of aromatic nitrogens is 1. The van der Waals surface area contributed by atoms with Crippen LogP contribution in [0.3, 0.4) is 0 Å². The zero-order valence-corrected chi connectivity index (χ0v) is 36.9. The lowest BCUT2D eigenvalue weighted by Gasteiger charge is -2.49. The maximum atomic E-state index is 15.5. The van der Waals surface area contributed by atoms with Gasteiger partial charge in [0.1, 0.15) is 0 Å². The zero-order chi connectivity index (χ0) is 48.6. The van der Waals surface area contributed by atoms with E-state index >= 15 is 9.59 Å². The average Bonchev–Trinajstić information content (AvgIpc) is 3.66. The zero-order valence-electron chi connectivity index (χ0n) is 35.4. The number of amides is 4. The molecule has 4 amide bonds. The molecule has 2 saturated heterocycles. The van der Waals surface area contributed by atoms with Gasteiger partial charge in [-0.05, 0) is 60.2 Å². The molecular formula is C44H36Cl2F3N7O11. The second kappa shape index (κ2) is 16.9. The topological polar surface area (TPSA) is 228 Å². The van der Waals surface area contributed by atoms with Crippen LogP contribution in [-0.2, 0) is 30.8 Å². The van der Waals surface area contributed by atoms with E-state index in [9.17, 15) is 48.1 Å². The summed E-state index contributed by atoms with van der Waals surface area (Å²) in [6.45, 7) is 0. The van der Waals surface area contributed by atoms with Gasteiger partial charge in [-0.1, -0.05) is 59.1 Å². The summed E-state index contributed by atoms with van der Waals surface area (Å²) in [7, 11) is 5.34. The number of alkyl halides is 3. The van der Waals surface area contributed by atoms with E-state index in [-0.39, 0.29) is 46.4 Å². The molecule has 2 N–H and O–H groups in total. The first kappa shape index (κ1) is 46.3. The van der Waals surface area contributed by atoms with Crippen LogP contribution in [0.2, 0.25) is 10.0 Å². The molecular weight excluding hydrogens is 930 g/mol. The van der Waals surface area contributed by atoms with E-state index < -0.39 is 108 Å². The lowest BCUT2D eigenvalue weighted by molar-refractivity contribution is -0.392. The molecule has 3 heterocycles. The number of allylic oxidation sites excluding steroid dienone is 3. The third-order valence-corrected chi connectivity index (χ3v) is 13.3. The first-order valence-electron chi connectivity index (χ1n) is 20.1. The lowest BCUT2D eigenvalue weighted by Crippen LogP contribution is -2.54. The molecule has 6 atom stereocenters. The number of phenolic OH excluding ortho intramolecular Hbond substituents is 1. The van der Waals surface area contributed by atoms with Gasteiger partial charge in [0, 0.05) is 43.4 Å². The number of benzene rings is 3. The van der Waals surface area contributed by atoms with Gasteiger partial charge in [0.15, 0.2) is 23.0 Å². The minimum atomic E-state index is -4.83. The number of nitrogens with zero attached hydrogens (tertiary/aromatic N) is 6. The Balaban J connectivity index is 1.31. The molecule has 3 fully saturated rings. The summed E-state index contributed by atoms with van der Waals surface area (Å²) >= 11 is 12.6. The summed E-state index contributed by atoms with van der Waals surface area (Å²) in [4.78, 5) is 88.2. The molecule has 4 aromatic rings. The number of ether oxygens (including phenoxy) is 2. The number of phenols is 1. The molecule has 2 aliphatic carbocycles. The van der Waals surface area contributed by atoms with Crippen LogP contribution >= 0.6 is 23.2 Å². The summed E-state index contributed by atoms with van der Waals surface area (Å²) in [6, 6.07) is 11.4. The van der Waals surface area contributed by atoms with Crippen molar-refractivity contribution >= 4 is 81.5 Å². The molecule has 8 rings (SSSR count). The van der Waals surface area contributed by atoms with Crippen molar-refractivity contribution in [1.29, 1.82) is 0 Å².